The summed E-state index contributed by atoms with van der Waals surface area (Å²) in [5, 5.41) is 4.07. The molecule has 2 heterocycles. The molecule has 1 saturated heterocycles. The molecule has 2 aromatic rings. The van der Waals surface area contributed by atoms with Gasteiger partial charge in [0.15, 0.2) is 0 Å². The van der Waals surface area contributed by atoms with Crippen LogP contribution in [0.3, 0.4) is 0 Å². The first-order chi connectivity index (χ1) is 10.1. The molecule has 1 fully saturated rings. The van der Waals surface area contributed by atoms with Crippen molar-refractivity contribution in [1.82, 2.24) is 14.8 Å². The first kappa shape index (κ1) is 14.1. The van der Waals surface area contributed by atoms with Gasteiger partial charge >= 0.3 is 0 Å². The number of ether oxygens (including phenoxy) is 1. The fourth-order valence-corrected chi connectivity index (χ4v) is 3.11. The van der Waals surface area contributed by atoms with E-state index in [2.05, 4.69) is 10.1 Å². The van der Waals surface area contributed by atoms with Gasteiger partial charge in [-0.15, -0.1) is 0 Å². The smallest absolute Gasteiger partial charge is 0.137 e. The van der Waals surface area contributed by atoms with Crippen molar-refractivity contribution in [3.8, 4) is 0 Å². The summed E-state index contributed by atoms with van der Waals surface area (Å²) < 4.78 is 35.0. The molecule has 1 aliphatic rings. The van der Waals surface area contributed by atoms with Crippen molar-refractivity contribution in [3.63, 3.8) is 0 Å². The summed E-state index contributed by atoms with van der Waals surface area (Å²) in [7, 11) is 0. The summed E-state index contributed by atoms with van der Waals surface area (Å²) >= 11 is 0. The van der Waals surface area contributed by atoms with Crippen LogP contribution in [0.2, 0.25) is 0 Å². The van der Waals surface area contributed by atoms with Crippen molar-refractivity contribution in [1.29, 1.82) is 0 Å². The third-order valence-corrected chi connectivity index (χ3v) is 4.31. The van der Waals surface area contributed by atoms with Crippen LogP contribution in [0.15, 0.2) is 30.9 Å². The van der Waals surface area contributed by atoms with Gasteiger partial charge in [-0.3, -0.25) is 0 Å². The van der Waals surface area contributed by atoms with Crippen LogP contribution in [-0.2, 0) is 16.9 Å². The predicted octanol–water partition coefficient (Wildman–Crippen LogP) is 2.90. The molecule has 0 unspecified atom stereocenters. The summed E-state index contributed by atoms with van der Waals surface area (Å²) in [6, 6.07) is 3.62. The van der Waals surface area contributed by atoms with Crippen molar-refractivity contribution in [2.24, 2.45) is 5.92 Å². The number of benzene rings is 1. The first-order valence-electron chi connectivity index (χ1n) is 7.02. The normalized spacial score (nSPS) is 28.4. The van der Waals surface area contributed by atoms with E-state index >= 15 is 0 Å². The van der Waals surface area contributed by atoms with E-state index in [0.717, 1.165) is 12.5 Å². The van der Waals surface area contributed by atoms with Crippen molar-refractivity contribution in [2.45, 2.75) is 38.5 Å². The van der Waals surface area contributed by atoms with E-state index < -0.39 is 17.2 Å². The lowest BCUT2D eigenvalue weighted by molar-refractivity contribution is -0.272. The highest BCUT2D eigenvalue weighted by atomic mass is 19.1. The molecule has 0 spiro atoms. The lowest BCUT2D eigenvalue weighted by Crippen LogP contribution is -2.58. The molecule has 0 radical (unpaired) electrons. The van der Waals surface area contributed by atoms with Crippen molar-refractivity contribution < 1.29 is 13.5 Å². The van der Waals surface area contributed by atoms with Gasteiger partial charge in [-0.1, -0.05) is 19.9 Å². The molecule has 0 N–H and O–H groups in total. The van der Waals surface area contributed by atoms with E-state index in [0.29, 0.717) is 12.1 Å². The van der Waals surface area contributed by atoms with Crippen LogP contribution in [0.4, 0.5) is 8.78 Å². The second-order valence-corrected chi connectivity index (χ2v) is 5.46. The average Bonchev–Trinajstić information content (AvgIpc) is 2.96. The van der Waals surface area contributed by atoms with Crippen LogP contribution < -0.4 is 0 Å². The van der Waals surface area contributed by atoms with Crippen LogP contribution in [-0.4, -0.2) is 20.9 Å². The predicted molar refractivity (Wildman–Crippen MR) is 72.4 cm³/mol. The van der Waals surface area contributed by atoms with Crippen molar-refractivity contribution in [3.05, 3.63) is 48.1 Å². The van der Waals surface area contributed by atoms with Crippen LogP contribution in [0.1, 0.15) is 25.8 Å². The molecular formula is C15H17F2N3O. The zero-order chi connectivity index (χ0) is 15.0. The minimum atomic E-state index is -0.827. The minimum Gasteiger partial charge on any atom is -0.364 e. The number of aromatic nitrogens is 3. The fraction of sp³-hybridized carbons (Fsp3) is 0.467. The van der Waals surface area contributed by atoms with Crippen LogP contribution in [0.5, 0.6) is 0 Å². The van der Waals surface area contributed by atoms with Gasteiger partial charge in [0.25, 0.3) is 0 Å². The summed E-state index contributed by atoms with van der Waals surface area (Å²) in [5.74, 6) is -1.07. The maximum atomic E-state index is 14.2. The van der Waals surface area contributed by atoms with E-state index in [1.165, 1.54) is 18.5 Å². The highest BCUT2D eigenvalue weighted by molar-refractivity contribution is 5.29. The van der Waals surface area contributed by atoms with Crippen molar-refractivity contribution in [2.75, 3.05) is 0 Å². The van der Waals surface area contributed by atoms with E-state index in [4.69, 9.17) is 4.74 Å². The highest BCUT2D eigenvalue weighted by Gasteiger charge is 2.54. The summed E-state index contributed by atoms with van der Waals surface area (Å²) in [5.41, 5.74) is -0.455. The summed E-state index contributed by atoms with van der Waals surface area (Å²) in [6.07, 6.45) is 3.91. The SMILES string of the molecule is CC[C@@H]1O[C@@](Cn2cncn2)(c2ccc(F)cc2F)[C@H]1C. The topological polar surface area (TPSA) is 39.9 Å². The van der Waals surface area contributed by atoms with Gasteiger partial charge in [0.1, 0.15) is 29.9 Å². The maximum Gasteiger partial charge on any atom is 0.137 e. The molecule has 3 atom stereocenters. The average molecular weight is 293 g/mol. The second-order valence-electron chi connectivity index (χ2n) is 5.46. The molecule has 6 heteroatoms. The number of nitrogens with zero attached hydrogens (tertiary/aromatic N) is 3. The molecule has 1 aliphatic heterocycles. The van der Waals surface area contributed by atoms with Crippen molar-refractivity contribution >= 4 is 0 Å². The van der Waals surface area contributed by atoms with Gasteiger partial charge in [-0.05, 0) is 12.5 Å². The number of hydrogen-bond acceptors (Lipinski definition) is 3. The largest absolute Gasteiger partial charge is 0.364 e. The molecule has 3 rings (SSSR count). The van der Waals surface area contributed by atoms with Gasteiger partial charge in [0, 0.05) is 17.5 Å². The Morgan fingerprint density at radius 2 is 2.19 bits per heavy atom. The third-order valence-electron chi connectivity index (χ3n) is 4.31. The Morgan fingerprint density at radius 3 is 2.76 bits per heavy atom. The Hall–Kier alpha value is -1.82. The molecule has 1 aromatic heterocycles. The summed E-state index contributed by atoms with van der Waals surface area (Å²) in [6.45, 7) is 4.41. The molecule has 112 valence electrons. The van der Waals surface area contributed by atoms with Gasteiger partial charge < -0.3 is 4.74 Å². The Balaban J connectivity index is 2.01. The molecule has 0 saturated carbocycles. The van der Waals surface area contributed by atoms with E-state index in [1.807, 2.05) is 13.8 Å². The standard InChI is InChI=1S/C15H17F2N3O/c1-3-14-10(2)15(21-14,7-20-9-18-8-19-20)12-5-4-11(16)6-13(12)17/h4-6,8-10,14H,3,7H2,1-2H3/t10-,14-,15+/m0/s1. The van der Waals surface area contributed by atoms with Crippen LogP contribution >= 0.6 is 0 Å². The molecular weight excluding hydrogens is 276 g/mol. The number of rotatable bonds is 4. The molecule has 0 aliphatic carbocycles. The maximum absolute atomic E-state index is 14.2. The zero-order valence-electron chi connectivity index (χ0n) is 12.0. The quantitative estimate of drug-likeness (QED) is 0.870. The van der Waals surface area contributed by atoms with E-state index in [1.54, 1.807) is 11.0 Å². The van der Waals surface area contributed by atoms with Gasteiger partial charge in [-0.2, -0.15) is 5.10 Å². The Bertz CT molecular complexity index is 632. The number of halogens is 2. The van der Waals surface area contributed by atoms with Crippen LogP contribution in [0.25, 0.3) is 0 Å². The lowest BCUT2D eigenvalue weighted by Gasteiger charge is -2.54. The summed E-state index contributed by atoms with van der Waals surface area (Å²) in [4.78, 5) is 3.90. The molecule has 1 aromatic carbocycles. The third kappa shape index (κ3) is 2.23. The second kappa shape index (κ2) is 5.18. The Kier molecular flexibility index (Phi) is 3.49. The lowest BCUT2D eigenvalue weighted by atomic mass is 9.72. The molecule has 0 bridgehead atoms. The molecule has 0 amide bonds. The first-order valence-corrected chi connectivity index (χ1v) is 7.02. The Labute approximate surface area is 121 Å². The van der Waals surface area contributed by atoms with Gasteiger partial charge in [0.05, 0.1) is 12.6 Å². The minimum absolute atomic E-state index is 0.0676. The fourth-order valence-electron chi connectivity index (χ4n) is 3.11. The van der Waals surface area contributed by atoms with Gasteiger partial charge in [-0.25, -0.2) is 18.4 Å². The molecule has 4 nitrogen and oxygen atoms in total. The zero-order valence-corrected chi connectivity index (χ0v) is 12.0. The monoisotopic (exact) mass is 293 g/mol. The number of hydrogen-bond donors (Lipinski definition) is 0. The van der Waals surface area contributed by atoms with E-state index in [-0.39, 0.29) is 12.0 Å². The van der Waals surface area contributed by atoms with Gasteiger partial charge in [0.2, 0.25) is 0 Å². The van der Waals surface area contributed by atoms with E-state index in [9.17, 15) is 8.78 Å². The van der Waals surface area contributed by atoms with Crippen LogP contribution in [0, 0.1) is 17.6 Å². The highest BCUT2D eigenvalue weighted by Crippen LogP contribution is 2.49. The Morgan fingerprint density at radius 1 is 1.38 bits per heavy atom. The molecule has 21 heavy (non-hydrogen) atoms.